The second-order valence-electron chi connectivity index (χ2n) is 5.24. The van der Waals surface area contributed by atoms with E-state index in [1.807, 2.05) is 12.1 Å². The minimum absolute atomic E-state index is 0.449. The lowest BCUT2D eigenvalue weighted by atomic mass is 10.1. The maximum absolute atomic E-state index is 11.6. The molecule has 3 N–H and O–H groups in total. The summed E-state index contributed by atoms with van der Waals surface area (Å²) in [5.74, 6) is 0.0185. The Morgan fingerprint density at radius 1 is 1.38 bits per heavy atom. The summed E-state index contributed by atoms with van der Waals surface area (Å²) < 4.78 is 0. The number of amides is 1. The number of aldehydes is 1. The zero-order chi connectivity index (χ0) is 15.4. The van der Waals surface area contributed by atoms with Crippen molar-refractivity contribution in [2.75, 3.05) is 11.9 Å². The first-order valence-corrected chi connectivity index (χ1v) is 7.56. The zero-order valence-electron chi connectivity index (χ0n) is 12.1. The first-order chi connectivity index (χ1) is 10.0. The summed E-state index contributed by atoms with van der Waals surface area (Å²) in [5.41, 5.74) is 7.45. The maximum atomic E-state index is 11.6. The second-order valence-corrected chi connectivity index (χ2v) is 6.29. The largest absolute Gasteiger partial charge is 0.376 e. The molecule has 0 atom stereocenters. The molecule has 110 valence electrons. The van der Waals surface area contributed by atoms with Crippen LogP contribution >= 0.6 is 11.3 Å². The molecule has 4 nitrogen and oxygen atoms in total. The fourth-order valence-corrected chi connectivity index (χ4v) is 2.98. The van der Waals surface area contributed by atoms with Crippen LogP contribution < -0.4 is 11.1 Å². The van der Waals surface area contributed by atoms with Crippen LogP contribution in [0, 0.1) is 5.92 Å². The van der Waals surface area contributed by atoms with Gasteiger partial charge in [-0.3, -0.25) is 9.59 Å². The van der Waals surface area contributed by atoms with Gasteiger partial charge in [-0.2, -0.15) is 0 Å². The second kappa shape index (κ2) is 6.54. The van der Waals surface area contributed by atoms with Gasteiger partial charge in [-0.25, -0.2) is 0 Å². The van der Waals surface area contributed by atoms with E-state index in [1.165, 1.54) is 11.3 Å². The number of carbonyl (C=O) groups is 2. The number of thiophene rings is 1. The summed E-state index contributed by atoms with van der Waals surface area (Å²) in [4.78, 5) is 23.3. The third kappa shape index (κ3) is 3.70. The number of nitrogens with one attached hydrogen (secondary N) is 1. The highest BCUT2D eigenvalue weighted by atomic mass is 32.1. The van der Waals surface area contributed by atoms with Gasteiger partial charge in [0.2, 0.25) is 0 Å². The summed E-state index contributed by atoms with van der Waals surface area (Å²) in [7, 11) is 0. The highest BCUT2D eigenvalue weighted by molar-refractivity contribution is 7.19. The Bertz CT molecular complexity index is 662. The van der Waals surface area contributed by atoms with Gasteiger partial charge in [0, 0.05) is 17.0 Å². The molecule has 0 bridgehead atoms. The Balaban J connectivity index is 2.38. The van der Waals surface area contributed by atoms with E-state index in [0.29, 0.717) is 17.0 Å². The number of primary amides is 1. The average molecular weight is 302 g/mol. The highest BCUT2D eigenvalue weighted by Crippen LogP contribution is 2.35. The lowest BCUT2D eigenvalue weighted by Crippen LogP contribution is -2.14. The van der Waals surface area contributed by atoms with Gasteiger partial charge in [0.15, 0.2) is 0 Å². The summed E-state index contributed by atoms with van der Waals surface area (Å²) in [5, 5.41) is 4.04. The Morgan fingerprint density at radius 3 is 2.76 bits per heavy atom. The van der Waals surface area contributed by atoms with Gasteiger partial charge in [-0.15, -0.1) is 11.3 Å². The molecule has 1 aromatic carbocycles. The topological polar surface area (TPSA) is 72.2 Å². The number of carbonyl (C=O) groups excluding carboxylic acids is 2. The van der Waals surface area contributed by atoms with Crippen LogP contribution in [0.15, 0.2) is 30.3 Å². The molecular weight excluding hydrogens is 284 g/mol. The molecule has 2 aromatic rings. The Labute approximate surface area is 128 Å². The molecule has 2 rings (SSSR count). The van der Waals surface area contributed by atoms with Crippen LogP contribution in [0.25, 0.3) is 10.4 Å². The van der Waals surface area contributed by atoms with E-state index in [0.717, 1.165) is 28.3 Å². The summed E-state index contributed by atoms with van der Waals surface area (Å²) >= 11 is 1.47. The average Bonchev–Trinajstić information content (AvgIpc) is 2.89. The minimum atomic E-state index is -0.449. The van der Waals surface area contributed by atoms with Crippen LogP contribution in [0.3, 0.4) is 0 Å². The van der Waals surface area contributed by atoms with Crippen LogP contribution in [0.1, 0.15) is 34.6 Å². The van der Waals surface area contributed by atoms with Crippen molar-refractivity contribution in [1.29, 1.82) is 0 Å². The Hall–Kier alpha value is -2.14. The van der Waals surface area contributed by atoms with E-state index in [-0.39, 0.29) is 0 Å². The molecule has 0 unspecified atom stereocenters. The van der Waals surface area contributed by atoms with Crippen molar-refractivity contribution in [3.63, 3.8) is 0 Å². The molecule has 0 fully saturated rings. The van der Waals surface area contributed by atoms with Crippen LogP contribution in [-0.4, -0.2) is 18.7 Å². The van der Waals surface area contributed by atoms with E-state index in [9.17, 15) is 9.59 Å². The van der Waals surface area contributed by atoms with Crippen LogP contribution in [0.4, 0.5) is 5.00 Å². The van der Waals surface area contributed by atoms with E-state index in [2.05, 4.69) is 19.2 Å². The minimum Gasteiger partial charge on any atom is -0.376 e. The molecule has 0 saturated carbocycles. The quantitative estimate of drug-likeness (QED) is 0.803. The molecule has 0 aliphatic rings. The van der Waals surface area contributed by atoms with Crippen LogP contribution in [0.2, 0.25) is 0 Å². The van der Waals surface area contributed by atoms with Gasteiger partial charge in [0.1, 0.15) is 11.3 Å². The predicted octanol–water partition coefficient (Wildman–Crippen LogP) is 3.39. The van der Waals surface area contributed by atoms with E-state index in [4.69, 9.17) is 5.73 Å². The van der Waals surface area contributed by atoms with Gasteiger partial charge >= 0.3 is 0 Å². The van der Waals surface area contributed by atoms with Gasteiger partial charge < -0.3 is 11.1 Å². The number of anilines is 1. The molecule has 0 radical (unpaired) electrons. The van der Waals surface area contributed by atoms with Crippen molar-refractivity contribution in [3.05, 3.63) is 41.5 Å². The van der Waals surface area contributed by atoms with Crippen LogP contribution in [-0.2, 0) is 0 Å². The standard InChI is InChI=1S/C16H18N2O2S/c1-10(2)8-18-16-13(15(17)20)7-14(21-16)12-5-3-4-11(6-12)9-19/h3-7,9-10,18H,8H2,1-2H3,(H2,17,20). The molecule has 21 heavy (non-hydrogen) atoms. The number of rotatable bonds is 6. The fourth-order valence-electron chi connectivity index (χ4n) is 1.91. The molecule has 1 amide bonds. The monoisotopic (exact) mass is 302 g/mol. The van der Waals surface area contributed by atoms with Crippen molar-refractivity contribution in [2.24, 2.45) is 11.7 Å². The lowest BCUT2D eigenvalue weighted by Gasteiger charge is -2.07. The number of hydrogen-bond donors (Lipinski definition) is 2. The molecule has 5 heteroatoms. The normalized spacial score (nSPS) is 10.6. The summed E-state index contributed by atoms with van der Waals surface area (Å²) in [6.45, 7) is 4.96. The van der Waals surface area contributed by atoms with E-state index >= 15 is 0 Å². The Kier molecular flexibility index (Phi) is 4.75. The molecule has 1 aromatic heterocycles. The van der Waals surface area contributed by atoms with Crippen LogP contribution in [0.5, 0.6) is 0 Å². The molecule has 1 heterocycles. The van der Waals surface area contributed by atoms with Gasteiger partial charge in [0.05, 0.1) is 5.56 Å². The first-order valence-electron chi connectivity index (χ1n) is 6.74. The number of nitrogens with two attached hydrogens (primary N) is 1. The highest BCUT2D eigenvalue weighted by Gasteiger charge is 2.15. The van der Waals surface area contributed by atoms with Gasteiger partial charge in [-0.05, 0) is 23.6 Å². The molecular formula is C16H18N2O2S. The first kappa shape index (κ1) is 15.3. The lowest BCUT2D eigenvalue weighted by molar-refractivity contribution is 0.100. The maximum Gasteiger partial charge on any atom is 0.251 e. The van der Waals surface area contributed by atoms with Crippen molar-refractivity contribution in [3.8, 4) is 10.4 Å². The van der Waals surface area contributed by atoms with E-state index in [1.54, 1.807) is 18.2 Å². The van der Waals surface area contributed by atoms with Crippen molar-refractivity contribution < 1.29 is 9.59 Å². The summed E-state index contributed by atoms with van der Waals surface area (Å²) in [6, 6.07) is 9.06. The van der Waals surface area contributed by atoms with Crippen molar-refractivity contribution >= 4 is 28.5 Å². The number of benzene rings is 1. The molecule has 0 aliphatic heterocycles. The zero-order valence-corrected chi connectivity index (χ0v) is 12.9. The SMILES string of the molecule is CC(C)CNc1sc(-c2cccc(C=O)c2)cc1C(N)=O. The fraction of sp³-hybridized carbons (Fsp3) is 0.250. The smallest absolute Gasteiger partial charge is 0.251 e. The summed E-state index contributed by atoms with van der Waals surface area (Å²) in [6.07, 6.45) is 0.810. The third-order valence-corrected chi connectivity index (χ3v) is 4.12. The molecule has 0 aliphatic carbocycles. The number of hydrogen-bond acceptors (Lipinski definition) is 4. The third-order valence-electron chi connectivity index (χ3n) is 2.98. The van der Waals surface area contributed by atoms with Crippen molar-refractivity contribution in [2.45, 2.75) is 13.8 Å². The van der Waals surface area contributed by atoms with Gasteiger partial charge in [-0.1, -0.05) is 32.0 Å². The Morgan fingerprint density at radius 2 is 2.14 bits per heavy atom. The van der Waals surface area contributed by atoms with E-state index < -0.39 is 5.91 Å². The predicted molar refractivity (Wildman–Crippen MR) is 87.0 cm³/mol. The van der Waals surface area contributed by atoms with Gasteiger partial charge in [0.25, 0.3) is 5.91 Å². The molecule has 0 spiro atoms. The van der Waals surface area contributed by atoms with Crippen molar-refractivity contribution in [1.82, 2.24) is 0 Å². The molecule has 0 saturated heterocycles.